The molecule has 1 aromatic carbocycles. The lowest BCUT2D eigenvalue weighted by atomic mass is 9.94. The average molecular weight is 424 g/mol. The van der Waals surface area contributed by atoms with Gasteiger partial charge < -0.3 is 4.74 Å². The molecule has 0 unspecified atom stereocenters. The van der Waals surface area contributed by atoms with Crippen molar-refractivity contribution in [3.63, 3.8) is 0 Å². The molecular formula is C17H14Cl2F3NO4. The largest absolute Gasteiger partial charge is 0.462 e. The van der Waals surface area contributed by atoms with Crippen LogP contribution in [0.15, 0.2) is 23.2 Å². The van der Waals surface area contributed by atoms with Gasteiger partial charge in [-0.05, 0) is 36.8 Å². The second kappa shape index (κ2) is 8.31. The number of halogens is 5. The first-order valence-electron chi connectivity index (χ1n) is 7.81. The maximum absolute atomic E-state index is 12.8. The number of nitrogens with zero attached hydrogens (tertiary/aromatic N) is 1. The van der Waals surface area contributed by atoms with Gasteiger partial charge in [-0.1, -0.05) is 23.2 Å². The second-order valence-corrected chi connectivity index (χ2v) is 6.50. The van der Waals surface area contributed by atoms with Gasteiger partial charge in [-0.25, -0.2) is 4.79 Å². The number of amides is 2. The second-order valence-electron chi connectivity index (χ2n) is 5.69. The van der Waals surface area contributed by atoms with E-state index in [2.05, 4.69) is 0 Å². The molecule has 0 aliphatic carbocycles. The molecular weight excluding hydrogens is 410 g/mol. The van der Waals surface area contributed by atoms with Crippen LogP contribution >= 0.6 is 23.2 Å². The van der Waals surface area contributed by atoms with Crippen LogP contribution in [0.3, 0.4) is 0 Å². The van der Waals surface area contributed by atoms with Gasteiger partial charge in [0.25, 0.3) is 0 Å². The van der Waals surface area contributed by atoms with Crippen molar-refractivity contribution < 1.29 is 32.3 Å². The third-order valence-corrected chi connectivity index (χ3v) is 4.40. The van der Waals surface area contributed by atoms with E-state index in [1.807, 2.05) is 0 Å². The highest BCUT2D eigenvalue weighted by molar-refractivity contribution is 6.43. The Bertz CT molecular complexity index is 790. The molecule has 1 aliphatic heterocycles. The molecule has 2 rings (SSSR count). The van der Waals surface area contributed by atoms with Crippen LogP contribution < -0.4 is 4.90 Å². The zero-order chi connectivity index (χ0) is 20.4. The molecule has 0 spiro atoms. The van der Waals surface area contributed by atoms with E-state index < -0.39 is 42.7 Å². The van der Waals surface area contributed by atoms with Crippen LogP contribution in [-0.2, 0) is 19.1 Å². The quantitative estimate of drug-likeness (QED) is 0.411. The molecule has 1 heterocycles. The standard InChI is InChI=1S/C17H14Cl2F3NO4/c1-2-27-16(26)13(19)6-9-5-11(3-4-12(9)18)23-14(24)7-10(8-15(23)25)17(20,21)22/h3-6,10H,2,7-8H2,1H3/b13-6-. The number of rotatable bonds is 4. The molecule has 27 heavy (non-hydrogen) atoms. The highest BCUT2D eigenvalue weighted by Gasteiger charge is 2.47. The van der Waals surface area contributed by atoms with Crippen molar-refractivity contribution in [2.75, 3.05) is 11.5 Å². The van der Waals surface area contributed by atoms with Crippen molar-refractivity contribution in [1.82, 2.24) is 0 Å². The number of hydrogen-bond donors (Lipinski definition) is 0. The van der Waals surface area contributed by atoms with Gasteiger partial charge in [0.2, 0.25) is 11.8 Å². The van der Waals surface area contributed by atoms with Gasteiger partial charge in [0.1, 0.15) is 5.03 Å². The summed E-state index contributed by atoms with van der Waals surface area (Å²) in [7, 11) is 0. The average Bonchev–Trinajstić information content (AvgIpc) is 2.56. The predicted octanol–water partition coefficient (Wildman–Crippen LogP) is 4.31. The molecule has 0 radical (unpaired) electrons. The summed E-state index contributed by atoms with van der Waals surface area (Å²) in [5.41, 5.74) is 0.236. The van der Waals surface area contributed by atoms with Crippen molar-refractivity contribution in [2.24, 2.45) is 5.92 Å². The Morgan fingerprint density at radius 3 is 2.41 bits per heavy atom. The Balaban J connectivity index is 2.33. The normalized spacial score (nSPS) is 16.7. The van der Waals surface area contributed by atoms with Gasteiger partial charge >= 0.3 is 12.1 Å². The Morgan fingerprint density at radius 1 is 1.30 bits per heavy atom. The highest BCUT2D eigenvalue weighted by Crippen LogP contribution is 2.37. The van der Waals surface area contributed by atoms with E-state index in [0.717, 1.165) is 0 Å². The molecule has 10 heteroatoms. The lowest BCUT2D eigenvalue weighted by Gasteiger charge is -2.31. The number of imide groups is 1. The number of alkyl halides is 3. The Morgan fingerprint density at radius 2 is 1.89 bits per heavy atom. The fraction of sp³-hybridized carbons (Fsp3) is 0.353. The summed E-state index contributed by atoms with van der Waals surface area (Å²) in [5.74, 6) is -4.73. The molecule has 146 valence electrons. The fourth-order valence-electron chi connectivity index (χ4n) is 2.51. The van der Waals surface area contributed by atoms with Crippen LogP contribution in [0.25, 0.3) is 6.08 Å². The molecule has 1 aliphatic rings. The SMILES string of the molecule is CCOC(=O)/C(Cl)=C/c1cc(N2C(=O)CC(C(F)(F)F)CC2=O)ccc1Cl. The number of hydrogen-bond acceptors (Lipinski definition) is 4. The Labute approximate surface area is 162 Å². The first kappa shape index (κ1) is 21.2. The van der Waals surface area contributed by atoms with E-state index in [1.54, 1.807) is 6.92 Å². The zero-order valence-corrected chi connectivity index (χ0v) is 15.5. The van der Waals surface area contributed by atoms with Crippen LogP contribution in [0, 0.1) is 5.92 Å². The minimum atomic E-state index is -4.63. The highest BCUT2D eigenvalue weighted by atomic mass is 35.5. The van der Waals surface area contributed by atoms with Crippen molar-refractivity contribution >= 4 is 52.7 Å². The molecule has 1 saturated heterocycles. The van der Waals surface area contributed by atoms with Crippen LogP contribution in [0.5, 0.6) is 0 Å². The number of carbonyl (C=O) groups is 3. The molecule has 0 bridgehead atoms. The van der Waals surface area contributed by atoms with Crippen LogP contribution in [0.1, 0.15) is 25.3 Å². The maximum atomic E-state index is 12.8. The van der Waals surface area contributed by atoms with Gasteiger partial charge in [0.15, 0.2) is 0 Å². The molecule has 5 nitrogen and oxygen atoms in total. The van der Waals surface area contributed by atoms with Gasteiger partial charge in [-0.2, -0.15) is 13.2 Å². The summed E-state index contributed by atoms with van der Waals surface area (Å²) in [6.45, 7) is 1.70. The number of piperidine rings is 1. The number of ether oxygens (including phenoxy) is 1. The lowest BCUT2D eigenvalue weighted by Crippen LogP contribution is -2.46. The van der Waals surface area contributed by atoms with Crippen LogP contribution in [-0.4, -0.2) is 30.6 Å². The number of anilines is 1. The summed E-state index contributed by atoms with van der Waals surface area (Å²) in [6, 6.07) is 3.95. The molecule has 0 N–H and O–H groups in total. The van der Waals surface area contributed by atoms with Crippen LogP contribution in [0.4, 0.5) is 18.9 Å². The van der Waals surface area contributed by atoms with Gasteiger partial charge in [-0.15, -0.1) is 0 Å². The zero-order valence-electron chi connectivity index (χ0n) is 14.0. The van der Waals surface area contributed by atoms with Crippen molar-refractivity contribution in [1.29, 1.82) is 0 Å². The van der Waals surface area contributed by atoms with E-state index in [-0.39, 0.29) is 27.9 Å². The number of benzene rings is 1. The molecule has 0 atom stereocenters. The number of carbonyl (C=O) groups excluding carboxylic acids is 3. The van der Waals surface area contributed by atoms with Crippen molar-refractivity contribution in [3.05, 3.63) is 33.8 Å². The summed E-state index contributed by atoms with van der Waals surface area (Å²) in [5, 5.41) is -0.129. The first-order chi connectivity index (χ1) is 12.5. The summed E-state index contributed by atoms with van der Waals surface area (Å²) in [6.07, 6.45) is -5.10. The van der Waals surface area contributed by atoms with Gasteiger partial charge in [0, 0.05) is 17.9 Å². The summed E-state index contributed by atoms with van der Waals surface area (Å²) in [4.78, 5) is 36.5. The topological polar surface area (TPSA) is 63.7 Å². The van der Waals surface area contributed by atoms with Crippen molar-refractivity contribution in [2.45, 2.75) is 25.9 Å². The van der Waals surface area contributed by atoms with Gasteiger partial charge in [-0.3, -0.25) is 14.5 Å². The maximum Gasteiger partial charge on any atom is 0.392 e. The fourth-order valence-corrected chi connectivity index (χ4v) is 2.86. The molecule has 0 aromatic heterocycles. The summed E-state index contributed by atoms with van der Waals surface area (Å²) >= 11 is 11.9. The van der Waals surface area contributed by atoms with E-state index >= 15 is 0 Å². The minimum Gasteiger partial charge on any atom is -0.462 e. The lowest BCUT2D eigenvalue weighted by molar-refractivity contribution is -0.185. The summed E-state index contributed by atoms with van der Waals surface area (Å²) < 4.78 is 43.2. The molecule has 2 amide bonds. The third-order valence-electron chi connectivity index (χ3n) is 3.79. The van der Waals surface area contributed by atoms with Crippen molar-refractivity contribution in [3.8, 4) is 0 Å². The van der Waals surface area contributed by atoms with E-state index in [9.17, 15) is 27.6 Å². The first-order valence-corrected chi connectivity index (χ1v) is 8.56. The third kappa shape index (κ3) is 5.01. The minimum absolute atomic E-state index is 0.0367. The number of esters is 1. The van der Waals surface area contributed by atoms with Crippen LogP contribution in [0.2, 0.25) is 5.02 Å². The van der Waals surface area contributed by atoms with E-state index in [0.29, 0.717) is 4.90 Å². The Kier molecular flexibility index (Phi) is 6.54. The molecule has 1 aromatic rings. The molecule has 0 saturated carbocycles. The van der Waals surface area contributed by atoms with E-state index in [4.69, 9.17) is 27.9 Å². The Hall–Kier alpha value is -2.06. The molecule has 1 fully saturated rings. The smallest absolute Gasteiger partial charge is 0.392 e. The monoisotopic (exact) mass is 423 g/mol. The predicted molar refractivity (Wildman–Crippen MR) is 93.2 cm³/mol. The van der Waals surface area contributed by atoms with E-state index in [1.165, 1.54) is 24.3 Å². The van der Waals surface area contributed by atoms with Gasteiger partial charge in [0.05, 0.1) is 18.2 Å².